The van der Waals surface area contributed by atoms with E-state index >= 15 is 0 Å². The molecule has 4 aromatic rings. The van der Waals surface area contributed by atoms with Crippen molar-refractivity contribution in [3.63, 3.8) is 0 Å². The fraction of sp³-hybridized carbons (Fsp3) is 0.100. The van der Waals surface area contributed by atoms with Crippen molar-refractivity contribution < 1.29 is 9.32 Å². The lowest BCUT2D eigenvalue weighted by Crippen LogP contribution is -2.23. The average Bonchev–Trinajstić information content (AvgIpc) is 3.37. The molecule has 0 aliphatic rings. The summed E-state index contributed by atoms with van der Waals surface area (Å²) in [5.74, 6) is 0.900. The summed E-state index contributed by atoms with van der Waals surface area (Å²) in [4.78, 5) is 21.1. The van der Waals surface area contributed by atoms with Gasteiger partial charge in [-0.05, 0) is 24.6 Å². The maximum atomic E-state index is 12.8. The number of pyridine rings is 1. The van der Waals surface area contributed by atoms with Gasteiger partial charge in [-0.2, -0.15) is 0 Å². The molecular formula is C20H16ClN5O2. The molecule has 0 spiro atoms. The number of hydrogen-bond donors (Lipinski definition) is 1. The summed E-state index contributed by atoms with van der Waals surface area (Å²) in [5.41, 5.74) is 2.31. The zero-order valence-corrected chi connectivity index (χ0v) is 15.7. The molecule has 28 heavy (non-hydrogen) atoms. The van der Waals surface area contributed by atoms with E-state index in [1.807, 2.05) is 30.5 Å². The smallest absolute Gasteiger partial charge is 0.257 e. The number of amides is 1. The monoisotopic (exact) mass is 393 g/mol. The molecular weight excluding hydrogens is 378 g/mol. The fourth-order valence-electron chi connectivity index (χ4n) is 2.82. The maximum Gasteiger partial charge on any atom is 0.257 e. The maximum absolute atomic E-state index is 12.8. The Morgan fingerprint density at radius 2 is 2.11 bits per heavy atom. The molecule has 7 nitrogen and oxygen atoms in total. The first kappa shape index (κ1) is 17.9. The molecule has 8 heteroatoms. The van der Waals surface area contributed by atoms with Gasteiger partial charge in [0.2, 0.25) is 0 Å². The van der Waals surface area contributed by atoms with Crippen LogP contribution in [0.25, 0.3) is 17.1 Å². The number of nitrogens with zero attached hydrogens (tertiary/aromatic N) is 4. The summed E-state index contributed by atoms with van der Waals surface area (Å²) in [6.07, 6.45) is 6.89. The Balaban J connectivity index is 1.50. The van der Waals surface area contributed by atoms with Gasteiger partial charge in [0.25, 0.3) is 5.91 Å². The second-order valence-electron chi connectivity index (χ2n) is 6.12. The van der Waals surface area contributed by atoms with Crippen LogP contribution in [0.3, 0.4) is 0 Å². The Bertz CT molecular complexity index is 1100. The van der Waals surface area contributed by atoms with Crippen LogP contribution in [0.4, 0.5) is 0 Å². The summed E-state index contributed by atoms with van der Waals surface area (Å²) in [5, 5.41) is 7.41. The number of carbonyl (C=O) groups is 1. The van der Waals surface area contributed by atoms with Gasteiger partial charge in [0.15, 0.2) is 0 Å². The van der Waals surface area contributed by atoms with E-state index in [0.717, 1.165) is 11.4 Å². The number of benzene rings is 1. The van der Waals surface area contributed by atoms with Crippen LogP contribution in [0.15, 0.2) is 65.8 Å². The summed E-state index contributed by atoms with van der Waals surface area (Å²) < 4.78 is 7.05. The molecule has 0 saturated heterocycles. The van der Waals surface area contributed by atoms with Crippen LogP contribution < -0.4 is 5.32 Å². The Kier molecular flexibility index (Phi) is 4.90. The van der Waals surface area contributed by atoms with Crippen LogP contribution in [0.2, 0.25) is 5.02 Å². The highest BCUT2D eigenvalue weighted by molar-refractivity contribution is 6.33. The van der Waals surface area contributed by atoms with Gasteiger partial charge in [-0.15, -0.1) is 0 Å². The van der Waals surface area contributed by atoms with E-state index in [4.69, 9.17) is 16.1 Å². The topological polar surface area (TPSA) is 85.8 Å². The third-order valence-electron chi connectivity index (χ3n) is 4.25. The molecule has 0 unspecified atom stereocenters. The van der Waals surface area contributed by atoms with Gasteiger partial charge in [-0.3, -0.25) is 9.36 Å². The van der Waals surface area contributed by atoms with Gasteiger partial charge in [0, 0.05) is 30.7 Å². The minimum atomic E-state index is -0.285. The molecule has 4 rings (SSSR count). The molecule has 3 heterocycles. The van der Waals surface area contributed by atoms with Crippen molar-refractivity contribution in [2.24, 2.45) is 0 Å². The van der Waals surface area contributed by atoms with Gasteiger partial charge >= 0.3 is 0 Å². The zero-order valence-electron chi connectivity index (χ0n) is 15.0. The summed E-state index contributed by atoms with van der Waals surface area (Å²) in [6.45, 7) is 2.02. The fourth-order valence-corrected chi connectivity index (χ4v) is 3.04. The van der Waals surface area contributed by atoms with Gasteiger partial charge in [-0.1, -0.05) is 41.0 Å². The van der Waals surface area contributed by atoms with Crippen molar-refractivity contribution in [3.8, 4) is 17.1 Å². The number of hydrogen-bond acceptors (Lipinski definition) is 5. The Morgan fingerprint density at radius 3 is 2.82 bits per heavy atom. The standard InChI is InChI=1S/C20H16ClN5O2/c1-13-18(19(25-28-13)15-4-2-3-5-16(15)21)20(27)24-11-14-6-7-17(23-10-14)26-9-8-22-12-26/h2-10,12H,11H2,1H3,(H,24,27). The predicted octanol–water partition coefficient (Wildman–Crippen LogP) is 3.81. The molecule has 140 valence electrons. The van der Waals surface area contributed by atoms with Crippen LogP contribution in [0, 0.1) is 6.92 Å². The molecule has 0 bridgehead atoms. The van der Waals surface area contributed by atoms with E-state index in [1.54, 1.807) is 42.3 Å². The van der Waals surface area contributed by atoms with Crippen molar-refractivity contribution in [3.05, 3.63) is 83.2 Å². The molecule has 0 radical (unpaired) electrons. The van der Waals surface area contributed by atoms with Crippen LogP contribution in [-0.2, 0) is 6.54 Å². The molecule has 1 N–H and O–H groups in total. The van der Waals surface area contributed by atoms with Crippen LogP contribution >= 0.6 is 11.6 Å². The summed E-state index contributed by atoms with van der Waals surface area (Å²) in [7, 11) is 0. The largest absolute Gasteiger partial charge is 0.360 e. The predicted molar refractivity (Wildman–Crippen MR) is 104 cm³/mol. The highest BCUT2D eigenvalue weighted by Gasteiger charge is 2.22. The Labute approximate surface area is 166 Å². The number of imidazole rings is 1. The molecule has 0 aliphatic heterocycles. The van der Waals surface area contributed by atoms with Gasteiger partial charge in [-0.25, -0.2) is 9.97 Å². The van der Waals surface area contributed by atoms with Crippen LogP contribution in [-0.4, -0.2) is 25.6 Å². The second-order valence-corrected chi connectivity index (χ2v) is 6.53. The molecule has 0 saturated carbocycles. The Hall–Kier alpha value is -3.45. The lowest BCUT2D eigenvalue weighted by Gasteiger charge is -2.07. The van der Waals surface area contributed by atoms with E-state index in [0.29, 0.717) is 34.1 Å². The normalized spacial score (nSPS) is 10.8. The second kappa shape index (κ2) is 7.66. The van der Waals surface area contributed by atoms with E-state index in [9.17, 15) is 4.79 Å². The quantitative estimate of drug-likeness (QED) is 0.557. The van der Waals surface area contributed by atoms with Gasteiger partial charge < -0.3 is 9.84 Å². The van der Waals surface area contributed by atoms with Crippen LogP contribution in [0.5, 0.6) is 0 Å². The Morgan fingerprint density at radius 1 is 1.25 bits per heavy atom. The number of nitrogens with one attached hydrogen (secondary N) is 1. The lowest BCUT2D eigenvalue weighted by atomic mass is 10.1. The molecule has 0 fully saturated rings. The average molecular weight is 394 g/mol. The highest BCUT2D eigenvalue weighted by Crippen LogP contribution is 2.30. The molecule has 1 aromatic carbocycles. The van der Waals surface area contributed by atoms with Crippen molar-refractivity contribution >= 4 is 17.5 Å². The summed E-state index contributed by atoms with van der Waals surface area (Å²) in [6, 6.07) is 11.0. The van der Waals surface area contributed by atoms with Crippen molar-refractivity contribution in [2.45, 2.75) is 13.5 Å². The molecule has 3 aromatic heterocycles. The minimum absolute atomic E-state index is 0.285. The third kappa shape index (κ3) is 3.52. The highest BCUT2D eigenvalue weighted by atomic mass is 35.5. The third-order valence-corrected chi connectivity index (χ3v) is 4.58. The van der Waals surface area contributed by atoms with Gasteiger partial charge in [0.1, 0.15) is 29.2 Å². The van der Waals surface area contributed by atoms with E-state index < -0.39 is 0 Å². The van der Waals surface area contributed by atoms with E-state index in [1.165, 1.54) is 0 Å². The first-order chi connectivity index (χ1) is 13.6. The number of aromatic nitrogens is 4. The molecule has 0 atom stereocenters. The van der Waals surface area contributed by atoms with E-state index in [2.05, 4.69) is 20.4 Å². The van der Waals surface area contributed by atoms with Crippen molar-refractivity contribution in [1.82, 2.24) is 25.0 Å². The van der Waals surface area contributed by atoms with Crippen LogP contribution in [0.1, 0.15) is 21.7 Å². The molecule has 0 aliphatic carbocycles. The lowest BCUT2D eigenvalue weighted by molar-refractivity contribution is 0.0950. The summed E-state index contributed by atoms with van der Waals surface area (Å²) >= 11 is 6.25. The van der Waals surface area contributed by atoms with Crippen molar-refractivity contribution in [2.75, 3.05) is 0 Å². The first-order valence-electron chi connectivity index (χ1n) is 8.56. The molecule has 1 amide bonds. The first-order valence-corrected chi connectivity index (χ1v) is 8.94. The number of halogens is 1. The van der Waals surface area contributed by atoms with Gasteiger partial charge in [0.05, 0.1) is 5.02 Å². The zero-order chi connectivity index (χ0) is 19.5. The number of carbonyl (C=O) groups excluding carboxylic acids is 1. The van der Waals surface area contributed by atoms with E-state index in [-0.39, 0.29) is 5.91 Å². The van der Waals surface area contributed by atoms with Crippen molar-refractivity contribution in [1.29, 1.82) is 0 Å². The SMILES string of the molecule is Cc1onc(-c2ccccc2Cl)c1C(=O)NCc1ccc(-n2ccnc2)nc1. The minimum Gasteiger partial charge on any atom is -0.360 e. The number of rotatable bonds is 5. The number of aryl methyl sites for hydroxylation is 1.